The summed E-state index contributed by atoms with van der Waals surface area (Å²) in [6.45, 7) is 13.7. The van der Waals surface area contributed by atoms with Crippen LogP contribution in [0.15, 0.2) is 134 Å². The average molecular weight is 1920 g/mol. The maximum absolute atomic E-state index is 15.7. The summed E-state index contributed by atoms with van der Waals surface area (Å²) < 4.78 is 5.19. The third-order valence-corrected chi connectivity index (χ3v) is 21.8. The quantitative estimate of drug-likeness (QED) is 0.00820. The molecule has 0 saturated carbocycles. The molecule has 0 fully saturated rings. The number of rotatable bonds is 59. The van der Waals surface area contributed by atoms with E-state index in [1.54, 1.807) is 98.9 Å². The summed E-state index contributed by atoms with van der Waals surface area (Å²) in [7, 11) is 1.50. The van der Waals surface area contributed by atoms with E-state index >= 15 is 28.8 Å². The predicted molar refractivity (Wildman–Crippen MR) is 503 cm³/mol. The smallest absolute Gasteiger partial charge is 0.292 e. The molecule has 4 aromatic carbocycles. The first-order valence-corrected chi connectivity index (χ1v) is 45.3. The Morgan fingerprint density at radius 3 is 1.45 bits per heavy atom. The topological polar surface area (TPSA) is 713 Å². The summed E-state index contributed by atoms with van der Waals surface area (Å²) in [5.74, 6) is -15.6. The number of phenolic OH excluding ortho intramolecular Hbond substituents is 1. The molecule has 7 aromatic rings. The molecule has 0 unspecified atom stereocenters. The number of amides is 16. The van der Waals surface area contributed by atoms with Gasteiger partial charge in [-0.15, -0.1) is 15.0 Å². The largest absolute Gasteiger partial charge is 0.508 e. The molecule has 0 aliphatic heterocycles. The second-order valence-corrected chi connectivity index (χ2v) is 34.2. The molecular weight excluding hydrogens is 1790 g/mol. The normalized spacial score (nSPS) is 14.0. The number of methoxy groups -OCH3 is 1. The Balaban J connectivity index is 1.18. The number of aliphatic hydroxyl groups excluding tert-OH is 2. The number of ether oxygens (including phenoxy) is 1. The summed E-state index contributed by atoms with van der Waals surface area (Å²) in [5, 5.41) is 91.4. The van der Waals surface area contributed by atoms with Gasteiger partial charge in [-0.25, -0.2) is 4.98 Å². The van der Waals surface area contributed by atoms with Gasteiger partial charge in [0.25, 0.3) is 11.7 Å². The van der Waals surface area contributed by atoms with Gasteiger partial charge in [0, 0.05) is 93.2 Å². The van der Waals surface area contributed by atoms with Gasteiger partial charge in [0.15, 0.2) is 5.96 Å². The molecule has 16 amide bonds. The van der Waals surface area contributed by atoms with Crippen LogP contribution in [-0.4, -0.2) is 263 Å². The zero-order valence-electron chi connectivity index (χ0n) is 78.3. The minimum Gasteiger partial charge on any atom is -0.508 e. The third-order valence-electron chi connectivity index (χ3n) is 21.8. The number of hydrogen-bond acceptors (Lipinski definition) is 25. The number of hydrogen-bond donors (Lipinski definition) is 24. The molecule has 0 bridgehead atoms. The third kappa shape index (κ3) is 36.9. The number of unbranched alkanes of at least 4 members (excludes halogenated alkanes) is 2. The lowest BCUT2D eigenvalue weighted by molar-refractivity contribution is -0.137. The van der Waals surface area contributed by atoms with Gasteiger partial charge in [0.05, 0.1) is 31.8 Å². The van der Waals surface area contributed by atoms with Crippen molar-refractivity contribution in [1.29, 1.82) is 5.41 Å². The number of benzene rings is 4. The number of H-pyrrole nitrogens is 2. The number of carbonyl (C=O) groups excluding carboxylic acids is 16. The van der Waals surface area contributed by atoms with Crippen molar-refractivity contribution in [3.63, 3.8) is 0 Å². The zero-order chi connectivity index (χ0) is 101. The SMILES string of the molecule is C=C(C)C(=O)NCCCC[C@H](NC(=O)[C@H](Cc1ccccc1)NC(=O)[C@@H](NC(=O)[C@H](CC(C)C)NC(C)=O)[C@@H](C)O)C(=O)N[C@@H](Cc1cnc[nH]1)C(=O)N[C@@H](Cc1ccc(O)cc1)C(=O)N[C@@H](Cc1c[nH]c2ccccc12)C(=O)N[C@@H](CCCNC(=N)N)C(=O)N[C@@H](CCC(N)=O)C(=O)N[C@@H](CC(C)C)C(=O)N[C@@H](CCCCNC(=O)c1nnn(-c2ccc(OC)cc2)n1)C(=O)N[C@@H](CO)C(N)=O. The Morgan fingerprint density at radius 1 is 0.493 bits per heavy atom. The maximum Gasteiger partial charge on any atom is 0.292 e. The van der Waals surface area contributed by atoms with Gasteiger partial charge in [-0.3, -0.25) is 82.1 Å². The highest BCUT2D eigenvalue weighted by Crippen LogP contribution is 2.23. The number of phenols is 1. The molecule has 7 rings (SSSR count). The minimum absolute atomic E-state index is 0.00397. The van der Waals surface area contributed by atoms with E-state index in [1.807, 2.05) is 13.8 Å². The number of fused-ring (bicyclic) bond motifs is 1. The fourth-order valence-corrected chi connectivity index (χ4v) is 14.5. The number of aromatic hydroxyl groups is 1. The number of aromatic amines is 2. The number of para-hydroxylation sites is 1. The highest BCUT2D eigenvalue weighted by atomic mass is 16.5. The molecule has 46 nitrogen and oxygen atoms in total. The van der Waals surface area contributed by atoms with Crippen LogP contribution in [0.25, 0.3) is 16.6 Å². The molecule has 0 spiro atoms. The minimum atomic E-state index is -1.74. The van der Waals surface area contributed by atoms with Crippen LogP contribution in [-0.2, 0) is 97.6 Å². The van der Waals surface area contributed by atoms with Crippen molar-refractivity contribution in [1.82, 2.24) is 115 Å². The molecular formula is C92H128N26O20. The number of guanidine groups is 1. The second kappa shape index (κ2) is 55.6. The summed E-state index contributed by atoms with van der Waals surface area (Å²) in [5.41, 5.74) is 19.6. The van der Waals surface area contributed by atoms with Gasteiger partial charge in [0.1, 0.15) is 84.0 Å². The van der Waals surface area contributed by atoms with E-state index in [9.17, 15) is 63.3 Å². The maximum atomic E-state index is 15.7. The van der Waals surface area contributed by atoms with E-state index in [0.717, 1.165) is 4.80 Å². The van der Waals surface area contributed by atoms with Crippen molar-refractivity contribution >= 4 is 111 Å². The van der Waals surface area contributed by atoms with Crippen molar-refractivity contribution in [3.05, 3.63) is 162 Å². The summed E-state index contributed by atoms with van der Waals surface area (Å²) in [6, 6.07) is 8.29. The molecule has 13 atom stereocenters. The van der Waals surface area contributed by atoms with Crippen LogP contribution in [0.2, 0.25) is 0 Å². The number of nitrogens with one attached hydrogen (secondary N) is 18. The van der Waals surface area contributed by atoms with Gasteiger partial charge in [0.2, 0.25) is 88.6 Å². The highest BCUT2D eigenvalue weighted by Gasteiger charge is 2.39. The molecule has 746 valence electrons. The van der Waals surface area contributed by atoms with E-state index < -0.39 is 205 Å². The van der Waals surface area contributed by atoms with Crippen molar-refractivity contribution in [2.24, 2.45) is 29.0 Å². The van der Waals surface area contributed by atoms with Crippen LogP contribution >= 0.6 is 0 Å². The Hall–Kier alpha value is -15.2. The lowest BCUT2D eigenvalue weighted by atomic mass is 10.00. The van der Waals surface area contributed by atoms with Gasteiger partial charge < -0.3 is 127 Å². The number of imidazole rings is 1. The second-order valence-electron chi connectivity index (χ2n) is 34.2. The molecule has 27 N–H and O–H groups in total. The van der Waals surface area contributed by atoms with Crippen molar-refractivity contribution in [3.8, 4) is 17.2 Å². The molecule has 3 aromatic heterocycles. The monoisotopic (exact) mass is 1920 g/mol. The van der Waals surface area contributed by atoms with Crippen LogP contribution in [0.1, 0.15) is 159 Å². The van der Waals surface area contributed by atoms with Crippen LogP contribution < -0.4 is 102 Å². The van der Waals surface area contributed by atoms with E-state index in [2.05, 4.69) is 117 Å². The Labute approximate surface area is 796 Å². The first-order chi connectivity index (χ1) is 65.7. The molecule has 0 saturated heterocycles. The summed E-state index contributed by atoms with van der Waals surface area (Å²) in [6.07, 6.45) is 0.156. The van der Waals surface area contributed by atoms with E-state index in [1.165, 1.54) is 64.7 Å². The van der Waals surface area contributed by atoms with Crippen molar-refractivity contribution in [2.75, 3.05) is 33.4 Å². The number of aliphatic hydroxyl groups is 2. The number of aromatic nitrogens is 7. The van der Waals surface area contributed by atoms with Gasteiger partial charge >= 0.3 is 0 Å². The first-order valence-electron chi connectivity index (χ1n) is 45.3. The molecule has 3 heterocycles. The number of primary amides is 2. The fraction of sp³-hybridized carbons (Fsp3) is 0.467. The number of nitrogens with two attached hydrogens (primary N) is 3. The van der Waals surface area contributed by atoms with Gasteiger partial charge in [-0.2, -0.15) is 0 Å². The van der Waals surface area contributed by atoms with Crippen LogP contribution in [0, 0.1) is 17.2 Å². The summed E-state index contributed by atoms with van der Waals surface area (Å²) >= 11 is 0. The molecule has 0 radical (unpaired) electrons. The average Bonchev–Trinajstić information content (AvgIpc) is 1.65. The van der Waals surface area contributed by atoms with E-state index in [0.29, 0.717) is 39.0 Å². The lowest BCUT2D eigenvalue weighted by Crippen LogP contribution is -2.62. The standard InChI is InChI=1S/C92H128N26O20/c1-50(2)40-68(103-54(8)121)89(135)114-76(53(7)120)90(136)112-71(42-55-20-11-10-12-21-55)85(131)105-64(24-15-17-37-98-79(125)52(5)6)81(127)111-73(45-58-47-97-49-102-58)88(134)109-70(43-56-27-31-60(122)32-28-56)86(132)110-72(44-57-46-101-63-23-14-13-22-62(57)63)87(133)106-66(26-19-39-100-92(95)96)80(126)107-67(35-36-75(93)123)83(129)108-69(41-51(3)4)84(130)104-65(82(128)113-74(48-119)77(94)124)25-16-18-38-99-91(137)78-115-117-118(116-78)59-29-33-61(138-9)34-30-59/h10-14,20-23,27-34,46-47,49-51,53,64-74,76,101,119-120,122H,5,15-19,24-26,35-45,48H2,1-4,6-9H3,(H2,93,123)(H2,94,124)(H,97,102)(H,98,125)(H,99,137)(H,103,121)(H,104,130)(H,105,131)(H,106,133)(H,107,126)(H,108,129)(H,109,134)(H,110,132)(H,111,127)(H,112,136)(H,113,128)(H,114,135)(H4,95,96,100)/t53-,64+,65+,66+,67+,68+,69+,70+,71+,72+,73+,74+,76+/m1/s1. The molecule has 138 heavy (non-hydrogen) atoms. The highest BCUT2D eigenvalue weighted by molar-refractivity contribution is 6.01. The van der Waals surface area contributed by atoms with Crippen LogP contribution in [0.3, 0.4) is 0 Å². The first kappa shape index (κ1) is 110. The molecule has 46 heteroatoms. The van der Waals surface area contributed by atoms with Crippen LogP contribution in [0.4, 0.5) is 0 Å². The Kier molecular flexibility index (Phi) is 44.2. The van der Waals surface area contributed by atoms with Gasteiger partial charge in [-0.05, 0) is 161 Å². The lowest BCUT2D eigenvalue weighted by Gasteiger charge is -2.29. The predicted octanol–water partition coefficient (Wildman–Crippen LogP) is -2.37. The molecule has 0 aliphatic rings. The van der Waals surface area contributed by atoms with E-state index in [4.69, 9.17) is 27.3 Å². The van der Waals surface area contributed by atoms with Gasteiger partial charge in [-0.1, -0.05) is 94.9 Å². The van der Waals surface area contributed by atoms with Crippen molar-refractivity contribution in [2.45, 2.75) is 230 Å². The Bertz CT molecular complexity index is 5300. The zero-order valence-corrected chi connectivity index (χ0v) is 78.3. The van der Waals surface area contributed by atoms with Crippen LogP contribution in [0.5, 0.6) is 11.5 Å². The van der Waals surface area contributed by atoms with E-state index in [-0.39, 0.29) is 138 Å². The Morgan fingerprint density at radius 2 is 0.949 bits per heavy atom. The number of carbonyl (C=O) groups is 16. The fourth-order valence-electron chi connectivity index (χ4n) is 14.5. The molecule has 0 aliphatic carbocycles. The summed E-state index contributed by atoms with van der Waals surface area (Å²) in [4.78, 5) is 238. The number of tetrazole rings is 1. The number of nitrogens with zero attached hydrogens (tertiary/aromatic N) is 5. The van der Waals surface area contributed by atoms with Crippen molar-refractivity contribution < 1.29 is 96.8 Å².